The number of rotatable bonds is 12. The van der Waals surface area contributed by atoms with Crippen LogP contribution in [-0.2, 0) is 25.3 Å². The van der Waals surface area contributed by atoms with Gasteiger partial charge in [-0.15, -0.1) is 10.8 Å². The number of hydrogen-bond acceptors (Lipinski definition) is 7. The molecule has 3 aromatic carbocycles. The van der Waals surface area contributed by atoms with Crippen LogP contribution in [0.5, 0.6) is 5.75 Å². The summed E-state index contributed by atoms with van der Waals surface area (Å²) in [4.78, 5) is 13.6. The minimum atomic E-state index is -4.99. The van der Waals surface area contributed by atoms with E-state index < -0.39 is 58.9 Å². The number of aliphatic hydroxyl groups excluding tert-OH is 1. The Morgan fingerprint density at radius 3 is 2.19 bits per heavy atom. The molecule has 0 saturated carbocycles. The van der Waals surface area contributed by atoms with Crippen molar-refractivity contribution in [3.8, 4) is 5.75 Å². The van der Waals surface area contributed by atoms with Gasteiger partial charge in [0.15, 0.2) is 0 Å². The Kier molecular flexibility index (Phi) is 11.7. The first kappa shape index (κ1) is 36.3. The molecule has 8 nitrogen and oxygen atoms in total. The van der Waals surface area contributed by atoms with Gasteiger partial charge in [-0.25, -0.2) is 0 Å². The molecule has 0 radical (unpaired) electrons. The van der Waals surface area contributed by atoms with E-state index in [2.05, 4.69) is 10.6 Å². The maximum Gasteiger partial charge on any atom is 0.416 e. The van der Waals surface area contributed by atoms with Gasteiger partial charge in [-0.3, -0.25) is 18.2 Å². The van der Waals surface area contributed by atoms with Crippen molar-refractivity contribution in [3.05, 3.63) is 94.5 Å². The predicted octanol–water partition coefficient (Wildman–Crippen LogP) is 6.88. The number of amides is 1. The fourth-order valence-electron chi connectivity index (χ4n) is 5.24. The van der Waals surface area contributed by atoms with Gasteiger partial charge in [-0.2, -0.15) is 26.3 Å². The van der Waals surface area contributed by atoms with Crippen LogP contribution in [0, 0.1) is 0 Å². The maximum atomic E-state index is 13.6. The van der Waals surface area contributed by atoms with E-state index in [4.69, 9.17) is 4.74 Å². The standard InChI is InChI=1S/C32H37F6N3O5S/c1-2-46-27-16-23(15-26(18-27)41-10-6-7-11-47(41,44)45)30(43)40-28(14-21-8-4-3-5-9-21)29(42)20-39-19-22-12-24(31(33,34)35)17-25(13-22)32(36,37)38/h3-5,8-9,12-13,15-18,28-29,39,42,44-45H,2,6-7,10-11,14,19-20H2,1H3,(H,40,43)/t28-,29-/m0/s1. The fourth-order valence-corrected chi connectivity index (χ4v) is 6.92. The summed E-state index contributed by atoms with van der Waals surface area (Å²) in [6.45, 7) is 1.68. The lowest BCUT2D eigenvalue weighted by atomic mass is 10.00. The number of hydrogen-bond donors (Lipinski definition) is 5. The lowest BCUT2D eigenvalue weighted by molar-refractivity contribution is -0.143. The summed E-state index contributed by atoms with van der Waals surface area (Å²) in [5, 5.41) is 16.6. The monoisotopic (exact) mass is 689 g/mol. The molecule has 1 fully saturated rings. The van der Waals surface area contributed by atoms with Gasteiger partial charge in [0, 0.05) is 31.3 Å². The van der Waals surface area contributed by atoms with E-state index in [0.717, 1.165) is 5.56 Å². The normalized spacial score (nSPS) is 17.1. The van der Waals surface area contributed by atoms with Gasteiger partial charge in [-0.1, -0.05) is 30.3 Å². The Hall–Kier alpha value is -3.50. The summed E-state index contributed by atoms with van der Waals surface area (Å²) in [7, 11) is -3.11. The average Bonchev–Trinajstić information content (AvgIpc) is 3.00. The van der Waals surface area contributed by atoms with Crippen molar-refractivity contribution < 1.29 is 50.1 Å². The van der Waals surface area contributed by atoms with Crippen molar-refractivity contribution in [2.75, 3.05) is 29.8 Å². The number of carbonyl (C=O) groups is 1. The SMILES string of the molecule is CCOc1cc(C(=O)N[C@@H](Cc2ccccc2)[C@@H](O)CNCc2cc(C(F)(F)F)cc(C(F)(F)F)c2)cc(N2CCCCS2(O)O)c1. The summed E-state index contributed by atoms with van der Waals surface area (Å²) < 4.78 is 108. The van der Waals surface area contributed by atoms with E-state index in [0.29, 0.717) is 43.0 Å². The minimum absolute atomic E-state index is 0.0450. The number of benzene rings is 3. The summed E-state index contributed by atoms with van der Waals surface area (Å²) in [5.41, 5.74) is -1.94. The highest BCUT2D eigenvalue weighted by Crippen LogP contribution is 2.50. The molecule has 5 N–H and O–H groups in total. The Bertz CT molecular complexity index is 1470. The summed E-state index contributed by atoms with van der Waals surface area (Å²) in [6, 6.07) is 13.8. The first-order valence-electron chi connectivity index (χ1n) is 14.9. The molecule has 1 heterocycles. The van der Waals surface area contributed by atoms with E-state index in [1.807, 2.05) is 0 Å². The van der Waals surface area contributed by atoms with Crippen LogP contribution in [0.2, 0.25) is 0 Å². The Balaban J connectivity index is 1.54. The molecule has 1 aliphatic heterocycles. The van der Waals surface area contributed by atoms with Gasteiger partial charge in [0.25, 0.3) is 5.91 Å². The molecule has 0 spiro atoms. The van der Waals surface area contributed by atoms with Gasteiger partial charge < -0.3 is 20.5 Å². The fraction of sp³-hybridized carbons (Fsp3) is 0.406. The topological polar surface area (TPSA) is 114 Å². The van der Waals surface area contributed by atoms with Gasteiger partial charge in [0.1, 0.15) is 5.75 Å². The number of carbonyl (C=O) groups excluding carboxylic acids is 1. The van der Waals surface area contributed by atoms with Crippen LogP contribution in [-0.4, -0.2) is 57.7 Å². The van der Waals surface area contributed by atoms with Crippen LogP contribution in [0.1, 0.15) is 52.4 Å². The van der Waals surface area contributed by atoms with E-state index in [-0.39, 0.29) is 42.5 Å². The third-order valence-electron chi connectivity index (χ3n) is 7.54. The van der Waals surface area contributed by atoms with Crippen molar-refractivity contribution in [3.63, 3.8) is 0 Å². The molecule has 1 aliphatic rings. The van der Waals surface area contributed by atoms with Crippen LogP contribution in [0.3, 0.4) is 0 Å². The van der Waals surface area contributed by atoms with E-state index in [9.17, 15) is 45.3 Å². The average molecular weight is 690 g/mol. The van der Waals surface area contributed by atoms with Crippen molar-refractivity contribution >= 4 is 22.4 Å². The second-order valence-corrected chi connectivity index (χ2v) is 13.3. The van der Waals surface area contributed by atoms with E-state index in [1.165, 1.54) is 16.4 Å². The van der Waals surface area contributed by atoms with Crippen molar-refractivity contribution in [2.24, 2.45) is 0 Å². The summed E-state index contributed by atoms with van der Waals surface area (Å²) in [6.07, 6.45) is -9.82. The second kappa shape index (κ2) is 15.2. The molecule has 0 bridgehead atoms. The number of nitrogens with one attached hydrogen (secondary N) is 2. The molecule has 0 aromatic heterocycles. The maximum absolute atomic E-state index is 13.6. The second-order valence-electron chi connectivity index (χ2n) is 11.2. The molecule has 258 valence electrons. The zero-order chi connectivity index (χ0) is 34.4. The number of anilines is 1. The number of halogens is 6. The highest BCUT2D eigenvalue weighted by molar-refractivity contribution is 8.25. The van der Waals surface area contributed by atoms with Crippen molar-refractivity contribution in [1.82, 2.24) is 10.6 Å². The number of aliphatic hydroxyl groups is 1. The Morgan fingerprint density at radius 2 is 1.60 bits per heavy atom. The Labute approximate surface area is 270 Å². The van der Waals surface area contributed by atoms with Crippen LogP contribution >= 0.6 is 10.8 Å². The molecular formula is C32H37F6N3O5S. The zero-order valence-electron chi connectivity index (χ0n) is 25.4. The van der Waals surface area contributed by atoms with Crippen LogP contribution in [0.4, 0.5) is 32.0 Å². The number of nitrogens with zero attached hydrogens (tertiary/aromatic N) is 1. The van der Waals surface area contributed by atoms with Crippen LogP contribution in [0.15, 0.2) is 66.7 Å². The summed E-state index contributed by atoms with van der Waals surface area (Å²) >= 11 is 0. The Morgan fingerprint density at radius 1 is 0.936 bits per heavy atom. The first-order chi connectivity index (χ1) is 22.1. The third kappa shape index (κ3) is 10.00. The molecule has 2 atom stereocenters. The van der Waals surface area contributed by atoms with Gasteiger partial charge in [0.05, 0.1) is 41.3 Å². The van der Waals surface area contributed by atoms with Crippen LogP contribution < -0.4 is 19.7 Å². The lowest BCUT2D eigenvalue weighted by Crippen LogP contribution is -2.48. The molecule has 1 amide bonds. The predicted molar refractivity (Wildman–Crippen MR) is 167 cm³/mol. The quantitative estimate of drug-likeness (QED) is 0.132. The first-order valence-corrected chi connectivity index (χ1v) is 16.6. The highest BCUT2D eigenvalue weighted by Gasteiger charge is 2.37. The lowest BCUT2D eigenvalue weighted by Gasteiger charge is -2.47. The molecule has 0 aliphatic carbocycles. The number of ether oxygens (including phenoxy) is 1. The largest absolute Gasteiger partial charge is 0.494 e. The third-order valence-corrected chi connectivity index (χ3v) is 9.48. The zero-order valence-corrected chi connectivity index (χ0v) is 26.3. The molecule has 15 heteroatoms. The van der Waals surface area contributed by atoms with Crippen LogP contribution in [0.25, 0.3) is 0 Å². The van der Waals surface area contributed by atoms with Gasteiger partial charge in [0.2, 0.25) is 0 Å². The molecule has 0 unspecified atom stereocenters. The molecule has 4 rings (SSSR count). The molecule has 1 saturated heterocycles. The summed E-state index contributed by atoms with van der Waals surface area (Å²) in [5.74, 6) is -0.116. The van der Waals surface area contributed by atoms with Gasteiger partial charge >= 0.3 is 12.4 Å². The molecule has 3 aromatic rings. The van der Waals surface area contributed by atoms with Crippen molar-refractivity contribution in [1.29, 1.82) is 0 Å². The van der Waals surface area contributed by atoms with E-state index in [1.54, 1.807) is 43.3 Å². The van der Waals surface area contributed by atoms with E-state index >= 15 is 0 Å². The van der Waals surface area contributed by atoms with Gasteiger partial charge in [-0.05, 0) is 67.6 Å². The smallest absolute Gasteiger partial charge is 0.416 e. The highest BCUT2D eigenvalue weighted by atomic mass is 32.3. The van der Waals surface area contributed by atoms with Crippen molar-refractivity contribution in [2.45, 2.75) is 57.2 Å². The minimum Gasteiger partial charge on any atom is -0.494 e. The molecular weight excluding hydrogens is 652 g/mol. The number of alkyl halides is 6. The molecule has 47 heavy (non-hydrogen) atoms.